The van der Waals surface area contributed by atoms with Crippen molar-refractivity contribution < 1.29 is 19.1 Å². The van der Waals surface area contributed by atoms with Gasteiger partial charge >= 0.3 is 5.97 Å². The van der Waals surface area contributed by atoms with Crippen LogP contribution in [0.2, 0.25) is 0 Å². The van der Waals surface area contributed by atoms with E-state index in [9.17, 15) is 14.4 Å². The van der Waals surface area contributed by atoms with Gasteiger partial charge in [0.25, 0.3) is 0 Å². The molecule has 0 aliphatic rings. The first-order valence-corrected chi connectivity index (χ1v) is 17.7. The maximum Gasteiger partial charge on any atom is 0.360 e. The van der Waals surface area contributed by atoms with E-state index < -0.39 is 5.97 Å². The molecule has 0 amide bonds. The van der Waals surface area contributed by atoms with Crippen molar-refractivity contribution in [3.8, 4) is 0 Å². The predicted octanol–water partition coefficient (Wildman–Crippen LogP) is 6.25. The van der Waals surface area contributed by atoms with Crippen LogP contribution < -0.4 is 0 Å². The molecule has 0 unspecified atom stereocenters. The highest BCUT2D eigenvalue weighted by Crippen LogP contribution is 2.13. The largest absolute Gasteiger partial charge is 0.464 e. The number of aromatic nitrogens is 9. The Morgan fingerprint density at radius 1 is 0.528 bits per heavy atom. The van der Waals surface area contributed by atoms with Gasteiger partial charge in [-0.05, 0) is 36.0 Å². The Morgan fingerprint density at radius 3 is 1.21 bits per heavy atom. The van der Waals surface area contributed by atoms with Gasteiger partial charge in [-0.2, -0.15) is 0 Å². The second-order valence-electron chi connectivity index (χ2n) is 12.1. The van der Waals surface area contributed by atoms with Crippen molar-refractivity contribution in [2.75, 3.05) is 7.11 Å². The van der Waals surface area contributed by atoms with E-state index in [0.717, 1.165) is 53.0 Å². The van der Waals surface area contributed by atoms with Crippen LogP contribution >= 0.6 is 0 Å². The van der Waals surface area contributed by atoms with Crippen LogP contribution in [0.4, 0.5) is 0 Å². The van der Waals surface area contributed by atoms with E-state index in [-0.39, 0.29) is 11.6 Å². The molecule has 0 atom stereocenters. The fourth-order valence-corrected chi connectivity index (χ4v) is 5.63. The number of Topliss-reactive ketones (excluding diaryl/α,β-unsaturated/α-hetero) is 2. The molecule has 0 saturated heterocycles. The second-order valence-corrected chi connectivity index (χ2v) is 12.1. The lowest BCUT2D eigenvalue weighted by molar-refractivity contribution is 0.0592. The van der Waals surface area contributed by atoms with Crippen molar-refractivity contribution in [1.82, 2.24) is 45.0 Å². The van der Waals surface area contributed by atoms with Gasteiger partial charge < -0.3 is 4.74 Å². The number of rotatable bonds is 13. The van der Waals surface area contributed by atoms with Crippen LogP contribution in [0.25, 0.3) is 0 Å². The molecule has 0 N–H and O–H groups in total. The lowest BCUT2D eigenvalue weighted by atomic mass is 10.1. The van der Waals surface area contributed by atoms with E-state index >= 15 is 0 Å². The maximum atomic E-state index is 11.5. The molecule has 3 aromatic heterocycles. The summed E-state index contributed by atoms with van der Waals surface area (Å²) in [6.45, 7) is 11.0. The second kappa shape index (κ2) is 20.1. The highest BCUT2D eigenvalue weighted by Gasteiger charge is 2.19. The van der Waals surface area contributed by atoms with Crippen molar-refractivity contribution in [3.05, 3.63) is 142 Å². The minimum Gasteiger partial charge on any atom is -0.464 e. The third kappa shape index (κ3) is 10.9. The molecule has 3 heterocycles. The number of carbonyl (C=O) groups excluding carboxylic acids is 3. The maximum absolute atomic E-state index is 11.5. The number of hydrogen-bond donors (Lipinski definition) is 0. The Labute approximate surface area is 310 Å². The average molecular weight is 718 g/mol. The molecular formula is C40H47N9O4. The lowest BCUT2D eigenvalue weighted by Gasteiger charge is -2.06. The topological polar surface area (TPSA) is 153 Å². The number of esters is 1. The quantitative estimate of drug-likeness (QED) is 0.0990. The molecule has 0 radical (unpaired) electrons. The zero-order chi connectivity index (χ0) is 38.2. The van der Waals surface area contributed by atoms with Gasteiger partial charge in [-0.25, -0.2) is 18.8 Å². The van der Waals surface area contributed by atoms with E-state index in [4.69, 9.17) is 0 Å². The summed E-state index contributed by atoms with van der Waals surface area (Å²) in [7, 11) is 1.35. The Hall–Kier alpha value is -6.11. The summed E-state index contributed by atoms with van der Waals surface area (Å²) in [6, 6.07) is 30.0. The van der Waals surface area contributed by atoms with Gasteiger partial charge in [-0.15, -0.1) is 15.3 Å². The molecule has 6 rings (SSSR count). The minimum absolute atomic E-state index is 0.0160. The third-order valence-corrected chi connectivity index (χ3v) is 8.24. The number of nitrogens with zero attached hydrogens (tertiary/aromatic N) is 9. The first-order chi connectivity index (χ1) is 25.7. The minimum atomic E-state index is -0.439. The van der Waals surface area contributed by atoms with Crippen LogP contribution in [0.15, 0.2) is 91.0 Å². The molecule has 0 fully saturated rings. The van der Waals surface area contributed by atoms with Crippen molar-refractivity contribution in [1.29, 1.82) is 0 Å². The predicted molar refractivity (Wildman–Crippen MR) is 201 cm³/mol. The number of benzene rings is 3. The van der Waals surface area contributed by atoms with Gasteiger partial charge in [0.1, 0.15) is 0 Å². The van der Waals surface area contributed by atoms with Crippen molar-refractivity contribution >= 4 is 17.5 Å². The van der Waals surface area contributed by atoms with Crippen LogP contribution in [0.1, 0.15) is 106 Å². The SMILES string of the molecule is CCCc1c(C(C)=O)nnn1Cc1ccccc1.CCc1c(C(=O)OC)nnn1Cc1ccccc1.CCc1c(C(C)=O)nnn1Cc1ccccc1. The molecule has 13 nitrogen and oxygen atoms in total. The molecule has 0 spiro atoms. The fraction of sp³-hybridized carbons (Fsp3) is 0.325. The molecule has 0 aliphatic carbocycles. The number of ketones is 2. The van der Waals surface area contributed by atoms with Crippen molar-refractivity contribution in [3.63, 3.8) is 0 Å². The van der Waals surface area contributed by atoms with Crippen LogP contribution in [0.5, 0.6) is 0 Å². The summed E-state index contributed by atoms with van der Waals surface area (Å²) in [6.07, 6.45) is 3.25. The molecule has 276 valence electrons. The zero-order valence-electron chi connectivity index (χ0n) is 31.3. The highest BCUT2D eigenvalue weighted by molar-refractivity contribution is 5.93. The highest BCUT2D eigenvalue weighted by atomic mass is 16.5. The Balaban J connectivity index is 0.000000178. The van der Waals surface area contributed by atoms with Crippen LogP contribution in [-0.4, -0.2) is 69.6 Å². The zero-order valence-corrected chi connectivity index (χ0v) is 31.3. The van der Waals surface area contributed by atoms with E-state index in [2.05, 4.69) is 42.6 Å². The Morgan fingerprint density at radius 2 is 0.868 bits per heavy atom. The summed E-state index contributed by atoms with van der Waals surface area (Å²) in [5, 5.41) is 24.0. The summed E-state index contributed by atoms with van der Waals surface area (Å²) in [5.41, 5.74) is 7.37. The molecule has 3 aromatic carbocycles. The van der Waals surface area contributed by atoms with Gasteiger partial charge in [0.2, 0.25) is 0 Å². The van der Waals surface area contributed by atoms with Gasteiger partial charge in [0.15, 0.2) is 28.6 Å². The van der Waals surface area contributed by atoms with E-state index in [0.29, 0.717) is 43.1 Å². The number of hydrogen-bond acceptors (Lipinski definition) is 10. The van der Waals surface area contributed by atoms with E-state index in [1.54, 1.807) is 9.36 Å². The molecule has 53 heavy (non-hydrogen) atoms. The summed E-state index contributed by atoms with van der Waals surface area (Å²) in [4.78, 5) is 34.4. The Kier molecular flexibility index (Phi) is 15.0. The molecular weight excluding hydrogens is 670 g/mol. The first kappa shape index (κ1) is 39.7. The van der Waals surface area contributed by atoms with E-state index in [1.165, 1.54) is 21.0 Å². The van der Waals surface area contributed by atoms with Crippen LogP contribution in [-0.2, 0) is 43.6 Å². The normalized spacial score (nSPS) is 10.5. The molecule has 0 aliphatic heterocycles. The summed E-state index contributed by atoms with van der Waals surface area (Å²) < 4.78 is 10.1. The standard InChI is InChI=1S/C14H17N3O.C13H15N3O2.C13H15N3O/c1-3-7-13-14(11(2)18)15-16-17(13)10-12-8-5-4-6-9-12;1-3-11-12(13(17)18-2)14-15-16(11)9-10-7-5-4-6-8-10;1-3-12-13(10(2)17)14-15-16(12)9-11-7-5-4-6-8-11/h4-6,8-9H,3,7,10H2,1-2H3;4-8H,3,9H2,1-2H3;4-8H,3,9H2,1-2H3. The van der Waals surface area contributed by atoms with Crippen molar-refractivity contribution in [2.24, 2.45) is 0 Å². The first-order valence-electron chi connectivity index (χ1n) is 17.7. The van der Waals surface area contributed by atoms with Crippen LogP contribution in [0, 0.1) is 0 Å². The number of ether oxygens (including phenoxy) is 1. The lowest BCUT2D eigenvalue weighted by Crippen LogP contribution is -2.09. The smallest absolute Gasteiger partial charge is 0.360 e. The number of carbonyl (C=O) groups is 3. The number of methoxy groups -OCH3 is 1. The molecule has 13 heteroatoms. The van der Waals surface area contributed by atoms with Gasteiger partial charge in [-0.1, -0.05) is 134 Å². The van der Waals surface area contributed by atoms with Gasteiger partial charge in [-0.3, -0.25) is 9.59 Å². The monoisotopic (exact) mass is 717 g/mol. The molecule has 6 aromatic rings. The summed E-state index contributed by atoms with van der Waals surface area (Å²) >= 11 is 0. The van der Waals surface area contributed by atoms with Gasteiger partial charge in [0, 0.05) is 13.8 Å². The summed E-state index contributed by atoms with van der Waals surface area (Å²) in [5.74, 6) is -0.481. The third-order valence-electron chi connectivity index (χ3n) is 8.24. The van der Waals surface area contributed by atoms with Crippen LogP contribution in [0.3, 0.4) is 0 Å². The fourth-order valence-electron chi connectivity index (χ4n) is 5.63. The Bertz CT molecular complexity index is 2050. The molecule has 0 saturated carbocycles. The molecule has 0 bridgehead atoms. The van der Waals surface area contributed by atoms with E-state index in [1.807, 2.05) is 110 Å². The van der Waals surface area contributed by atoms with Crippen molar-refractivity contribution in [2.45, 2.75) is 79.9 Å². The average Bonchev–Trinajstić information content (AvgIpc) is 3.90. The van der Waals surface area contributed by atoms with Gasteiger partial charge in [0.05, 0.1) is 43.8 Å².